The molecule has 1 aromatic heterocycles. The Kier molecular flexibility index (Phi) is 5.69. The molecule has 0 atom stereocenters. The molecule has 0 spiro atoms. The molecule has 0 saturated carbocycles. The lowest BCUT2D eigenvalue weighted by atomic mass is 10.0. The minimum Gasteiger partial charge on any atom is -0.326 e. The van der Waals surface area contributed by atoms with Crippen molar-refractivity contribution < 1.29 is 13.2 Å². The molecule has 0 unspecified atom stereocenters. The number of aryl methyl sites for hydroxylation is 1. The molecule has 3 aromatic rings. The van der Waals surface area contributed by atoms with Crippen LogP contribution in [0.25, 0.3) is 10.4 Å². The summed E-state index contributed by atoms with van der Waals surface area (Å²) >= 11 is 1.17. The molecule has 0 bridgehead atoms. The van der Waals surface area contributed by atoms with Gasteiger partial charge in [-0.1, -0.05) is 37.3 Å². The second-order valence-corrected chi connectivity index (χ2v) is 8.34. The number of nitrogens with one attached hydrogen (secondary N) is 1. The van der Waals surface area contributed by atoms with Crippen LogP contribution in [-0.2, 0) is 27.7 Å². The largest absolute Gasteiger partial charge is 0.326 e. The van der Waals surface area contributed by atoms with E-state index in [1.165, 1.54) is 17.6 Å². The van der Waals surface area contributed by atoms with E-state index >= 15 is 0 Å². The molecule has 1 heterocycles. The number of hydrogen-bond donors (Lipinski definition) is 2. The highest BCUT2D eigenvalue weighted by atomic mass is 32.2. The average Bonchev–Trinajstić information content (AvgIpc) is 3.16. The van der Waals surface area contributed by atoms with E-state index in [4.69, 9.17) is 5.14 Å². The Morgan fingerprint density at radius 3 is 2.52 bits per heavy atom. The molecule has 6 nitrogen and oxygen atoms in total. The minimum atomic E-state index is -3.96. The summed E-state index contributed by atoms with van der Waals surface area (Å²) in [6.07, 6.45) is 2.64. The summed E-state index contributed by atoms with van der Waals surface area (Å²) in [5.41, 5.74) is 2.91. The van der Waals surface area contributed by atoms with Crippen molar-refractivity contribution in [1.82, 2.24) is 4.37 Å². The first kappa shape index (κ1) is 19.2. The molecule has 0 aliphatic rings. The van der Waals surface area contributed by atoms with Crippen LogP contribution in [0.3, 0.4) is 0 Å². The Balaban J connectivity index is 1.86. The van der Waals surface area contributed by atoms with Crippen molar-refractivity contribution in [2.24, 2.45) is 5.14 Å². The summed E-state index contributed by atoms with van der Waals surface area (Å²) in [4.78, 5) is 13.1. The highest BCUT2D eigenvalue weighted by molar-refractivity contribution is 7.89. The van der Waals surface area contributed by atoms with Gasteiger partial charge in [0.25, 0.3) is 0 Å². The van der Waals surface area contributed by atoms with E-state index in [9.17, 15) is 13.2 Å². The summed E-state index contributed by atoms with van der Waals surface area (Å²) in [7, 11) is -3.96. The van der Waals surface area contributed by atoms with Crippen LogP contribution in [0.15, 0.2) is 59.6 Å². The molecule has 0 saturated heterocycles. The number of anilines is 1. The van der Waals surface area contributed by atoms with Gasteiger partial charge in [-0.2, -0.15) is 0 Å². The summed E-state index contributed by atoms with van der Waals surface area (Å²) in [5.74, 6) is -0.221. The molecule has 27 heavy (non-hydrogen) atoms. The Morgan fingerprint density at radius 2 is 1.89 bits per heavy atom. The number of nitrogens with two attached hydrogens (primary N) is 1. The predicted octanol–water partition coefficient (Wildman–Crippen LogP) is 3.20. The average molecular weight is 402 g/mol. The Morgan fingerprint density at radius 1 is 1.15 bits per heavy atom. The molecule has 0 radical (unpaired) electrons. The van der Waals surface area contributed by atoms with Crippen molar-refractivity contribution in [2.45, 2.75) is 24.7 Å². The third-order valence-electron chi connectivity index (χ3n) is 4.13. The Bertz CT molecular complexity index is 1060. The maximum Gasteiger partial charge on any atom is 0.238 e. The van der Waals surface area contributed by atoms with Gasteiger partial charge in [-0.3, -0.25) is 4.79 Å². The third-order valence-corrected chi connectivity index (χ3v) is 5.86. The maximum absolute atomic E-state index is 12.4. The number of nitrogens with zero attached hydrogens (tertiary/aromatic N) is 1. The molecule has 2 aromatic carbocycles. The van der Waals surface area contributed by atoms with Gasteiger partial charge in [-0.05, 0) is 47.3 Å². The number of rotatable bonds is 6. The van der Waals surface area contributed by atoms with Gasteiger partial charge in [0.1, 0.15) is 0 Å². The fourth-order valence-corrected chi connectivity index (χ4v) is 4.32. The molecule has 1 amide bonds. The van der Waals surface area contributed by atoms with Gasteiger partial charge < -0.3 is 5.32 Å². The van der Waals surface area contributed by atoms with Gasteiger partial charge in [-0.25, -0.2) is 17.9 Å². The fourth-order valence-electron chi connectivity index (χ4n) is 2.85. The molecule has 0 aliphatic carbocycles. The monoisotopic (exact) mass is 401 g/mol. The molecule has 0 fully saturated rings. The molecule has 0 aliphatic heterocycles. The number of hydrogen-bond acceptors (Lipinski definition) is 5. The lowest BCUT2D eigenvalue weighted by Gasteiger charge is -2.11. The van der Waals surface area contributed by atoms with E-state index in [1.807, 2.05) is 31.2 Å². The Labute approximate surface area is 162 Å². The summed E-state index contributed by atoms with van der Waals surface area (Å²) in [6.45, 7) is 2.04. The molecule has 140 valence electrons. The van der Waals surface area contributed by atoms with Gasteiger partial charge in [0, 0.05) is 17.4 Å². The van der Waals surface area contributed by atoms with Crippen molar-refractivity contribution in [3.63, 3.8) is 0 Å². The van der Waals surface area contributed by atoms with Crippen LogP contribution in [0.1, 0.15) is 18.1 Å². The van der Waals surface area contributed by atoms with E-state index in [1.54, 1.807) is 24.4 Å². The van der Waals surface area contributed by atoms with E-state index in [0.717, 1.165) is 17.5 Å². The van der Waals surface area contributed by atoms with Crippen LogP contribution in [0.2, 0.25) is 0 Å². The molecule has 8 heteroatoms. The number of carbonyl (C=O) groups is 1. The second kappa shape index (κ2) is 7.99. The normalized spacial score (nSPS) is 11.3. The maximum atomic E-state index is 12.4. The first-order valence-corrected chi connectivity index (χ1v) is 10.6. The zero-order chi connectivity index (χ0) is 19.4. The van der Waals surface area contributed by atoms with Crippen molar-refractivity contribution in [3.05, 3.63) is 65.9 Å². The fraction of sp³-hybridized carbons (Fsp3) is 0.158. The number of carbonyl (C=O) groups excluding carboxylic acids is 1. The van der Waals surface area contributed by atoms with E-state index in [2.05, 4.69) is 9.69 Å². The lowest BCUT2D eigenvalue weighted by molar-refractivity contribution is -0.115. The molecular formula is C19H19N3O3S2. The Hall–Kier alpha value is -2.55. The summed E-state index contributed by atoms with van der Waals surface area (Å²) in [6, 6.07) is 14.1. The lowest BCUT2D eigenvalue weighted by Crippen LogP contribution is -2.17. The number of sulfonamides is 1. The summed E-state index contributed by atoms with van der Waals surface area (Å²) < 4.78 is 28.0. The standard InChI is InChI=1S/C19H19N3O3S2/c1-2-13-5-3-4-6-14(13)11-19(23)22-15-7-8-16(17-9-10-21-26-17)18(12-15)27(20,24)25/h3-10,12H,2,11H2,1H3,(H,22,23)(H2,20,24,25). The van der Waals surface area contributed by atoms with E-state index in [0.29, 0.717) is 16.1 Å². The van der Waals surface area contributed by atoms with Gasteiger partial charge in [0.15, 0.2) is 0 Å². The van der Waals surface area contributed by atoms with Crippen LogP contribution < -0.4 is 10.5 Å². The van der Waals surface area contributed by atoms with Crippen LogP contribution >= 0.6 is 11.5 Å². The van der Waals surface area contributed by atoms with Crippen LogP contribution in [0, 0.1) is 0 Å². The van der Waals surface area contributed by atoms with Gasteiger partial charge >= 0.3 is 0 Å². The first-order chi connectivity index (χ1) is 12.9. The smallest absolute Gasteiger partial charge is 0.238 e. The van der Waals surface area contributed by atoms with Gasteiger partial charge in [0.2, 0.25) is 15.9 Å². The highest BCUT2D eigenvalue weighted by Gasteiger charge is 2.18. The van der Waals surface area contributed by atoms with Crippen LogP contribution in [0.4, 0.5) is 5.69 Å². The first-order valence-electron chi connectivity index (χ1n) is 8.33. The number of primary sulfonamides is 1. The molecular weight excluding hydrogens is 382 g/mol. The van der Waals surface area contributed by atoms with Gasteiger partial charge in [-0.15, -0.1) is 0 Å². The number of benzene rings is 2. The van der Waals surface area contributed by atoms with Crippen molar-refractivity contribution in [2.75, 3.05) is 5.32 Å². The highest BCUT2D eigenvalue weighted by Crippen LogP contribution is 2.31. The van der Waals surface area contributed by atoms with Crippen molar-refractivity contribution in [1.29, 1.82) is 0 Å². The van der Waals surface area contributed by atoms with Crippen LogP contribution in [-0.4, -0.2) is 18.7 Å². The van der Waals surface area contributed by atoms with Crippen LogP contribution in [0.5, 0.6) is 0 Å². The zero-order valence-corrected chi connectivity index (χ0v) is 16.3. The molecule has 3 rings (SSSR count). The minimum absolute atomic E-state index is 0.0430. The number of amides is 1. The van der Waals surface area contributed by atoms with E-state index in [-0.39, 0.29) is 17.2 Å². The number of aromatic nitrogens is 1. The van der Waals surface area contributed by atoms with Gasteiger partial charge in [0.05, 0.1) is 16.2 Å². The zero-order valence-electron chi connectivity index (χ0n) is 14.7. The molecule has 3 N–H and O–H groups in total. The SMILES string of the molecule is CCc1ccccc1CC(=O)Nc1ccc(-c2ccns2)c(S(N)(=O)=O)c1. The van der Waals surface area contributed by atoms with Crippen molar-refractivity contribution in [3.8, 4) is 10.4 Å². The summed E-state index contributed by atoms with van der Waals surface area (Å²) in [5, 5.41) is 8.12. The second-order valence-electron chi connectivity index (χ2n) is 5.98. The third kappa shape index (κ3) is 4.60. The topological polar surface area (TPSA) is 102 Å². The van der Waals surface area contributed by atoms with Crippen molar-refractivity contribution >= 4 is 33.2 Å². The quantitative estimate of drug-likeness (QED) is 0.662. The predicted molar refractivity (Wildman–Crippen MR) is 107 cm³/mol. The van der Waals surface area contributed by atoms with E-state index < -0.39 is 10.0 Å².